The third-order valence-corrected chi connectivity index (χ3v) is 6.99. The van der Waals surface area contributed by atoms with Crippen LogP contribution in [0.15, 0.2) is 54.6 Å². The van der Waals surface area contributed by atoms with E-state index in [1.807, 2.05) is 30.3 Å². The molecule has 0 bridgehead atoms. The van der Waals surface area contributed by atoms with Crippen molar-refractivity contribution in [2.24, 2.45) is 0 Å². The zero-order valence-corrected chi connectivity index (χ0v) is 19.2. The van der Waals surface area contributed by atoms with Gasteiger partial charge in [-0.15, -0.1) is 10.2 Å². The van der Waals surface area contributed by atoms with Gasteiger partial charge in [-0.1, -0.05) is 84.7 Å². The van der Waals surface area contributed by atoms with Crippen LogP contribution in [0.25, 0.3) is 0 Å². The lowest BCUT2D eigenvalue weighted by atomic mass is 9.90. The number of benzene rings is 2. The fourth-order valence-corrected chi connectivity index (χ4v) is 5.12. The van der Waals surface area contributed by atoms with Gasteiger partial charge in [0.25, 0.3) is 5.91 Å². The minimum atomic E-state index is -0.509. The predicted octanol–water partition coefficient (Wildman–Crippen LogP) is 5.74. The minimum absolute atomic E-state index is 0.0680. The van der Waals surface area contributed by atoms with Crippen LogP contribution in [0.5, 0.6) is 0 Å². The van der Waals surface area contributed by atoms with Gasteiger partial charge in [0.05, 0.1) is 23.0 Å². The van der Waals surface area contributed by atoms with Crippen LogP contribution < -0.4 is 10.6 Å². The van der Waals surface area contributed by atoms with Crippen LogP contribution in [0.4, 0.5) is 5.13 Å². The molecule has 0 radical (unpaired) electrons. The second-order valence-electron chi connectivity index (χ2n) is 7.95. The van der Waals surface area contributed by atoms with Crippen molar-refractivity contribution >= 4 is 39.9 Å². The van der Waals surface area contributed by atoms with Crippen molar-refractivity contribution in [1.82, 2.24) is 15.5 Å². The fraction of sp³-hybridized carbons (Fsp3) is 0.333. The van der Waals surface area contributed by atoms with Crippen molar-refractivity contribution in [3.05, 3.63) is 75.8 Å². The van der Waals surface area contributed by atoms with Gasteiger partial charge < -0.3 is 10.6 Å². The molecule has 1 saturated carbocycles. The summed E-state index contributed by atoms with van der Waals surface area (Å²) in [5.74, 6) is -0.115. The maximum atomic E-state index is 12.8. The Kier molecular flexibility index (Phi) is 7.50. The molecule has 2 N–H and O–H groups in total. The molecule has 1 atom stereocenters. The van der Waals surface area contributed by atoms with Crippen LogP contribution in [0.1, 0.15) is 71.4 Å². The number of nitrogens with zero attached hydrogens (tertiary/aromatic N) is 2. The summed E-state index contributed by atoms with van der Waals surface area (Å²) in [5, 5.41) is 16.1. The van der Waals surface area contributed by atoms with Gasteiger partial charge in [-0.05, 0) is 30.5 Å². The molecule has 1 heterocycles. The average molecular weight is 469 g/mol. The van der Waals surface area contributed by atoms with Gasteiger partial charge in [-0.2, -0.15) is 0 Å². The van der Waals surface area contributed by atoms with E-state index in [-0.39, 0.29) is 18.2 Å². The molecule has 2 aromatic carbocycles. The summed E-state index contributed by atoms with van der Waals surface area (Å²) in [4.78, 5) is 25.6. The van der Waals surface area contributed by atoms with E-state index in [0.29, 0.717) is 21.6 Å². The smallest absolute Gasteiger partial charge is 0.253 e. The first-order valence-electron chi connectivity index (χ1n) is 10.8. The Bertz CT molecular complexity index is 1070. The van der Waals surface area contributed by atoms with Crippen LogP contribution in [-0.4, -0.2) is 22.0 Å². The Morgan fingerprint density at radius 1 is 1.00 bits per heavy atom. The lowest BCUT2D eigenvalue weighted by Gasteiger charge is -2.19. The van der Waals surface area contributed by atoms with Crippen LogP contribution in [0.2, 0.25) is 5.02 Å². The van der Waals surface area contributed by atoms with E-state index in [4.69, 9.17) is 11.6 Å². The molecule has 32 heavy (non-hydrogen) atoms. The molecule has 6 nitrogen and oxygen atoms in total. The molecule has 166 valence electrons. The number of rotatable bonds is 7. The molecule has 0 aliphatic heterocycles. The number of carbonyl (C=O) groups is 2. The Labute approximate surface area is 196 Å². The molecular weight excluding hydrogens is 444 g/mol. The van der Waals surface area contributed by atoms with Gasteiger partial charge in [0.1, 0.15) is 5.01 Å². The fourth-order valence-electron chi connectivity index (χ4n) is 3.97. The second-order valence-corrected chi connectivity index (χ2v) is 9.37. The van der Waals surface area contributed by atoms with Gasteiger partial charge in [0.15, 0.2) is 0 Å². The van der Waals surface area contributed by atoms with Gasteiger partial charge >= 0.3 is 0 Å². The lowest BCUT2D eigenvalue weighted by molar-refractivity contribution is -0.116. The first kappa shape index (κ1) is 22.4. The number of aromatic nitrogens is 2. The minimum Gasteiger partial charge on any atom is -0.345 e. The summed E-state index contributed by atoms with van der Waals surface area (Å²) in [6, 6.07) is 15.8. The summed E-state index contributed by atoms with van der Waals surface area (Å²) in [5.41, 5.74) is 1.21. The summed E-state index contributed by atoms with van der Waals surface area (Å²) < 4.78 is 0. The quantitative estimate of drug-likeness (QED) is 0.463. The molecule has 1 unspecified atom stereocenters. The highest BCUT2D eigenvalue weighted by Gasteiger charge is 2.23. The second kappa shape index (κ2) is 10.7. The van der Waals surface area contributed by atoms with Crippen molar-refractivity contribution in [1.29, 1.82) is 0 Å². The number of amides is 2. The van der Waals surface area contributed by atoms with Gasteiger partial charge in [-0.25, -0.2) is 0 Å². The number of carbonyl (C=O) groups excluding carboxylic acids is 2. The zero-order valence-electron chi connectivity index (χ0n) is 17.6. The molecule has 2 amide bonds. The van der Waals surface area contributed by atoms with E-state index in [9.17, 15) is 9.59 Å². The van der Waals surface area contributed by atoms with Gasteiger partial charge in [0.2, 0.25) is 11.0 Å². The van der Waals surface area contributed by atoms with Crippen LogP contribution in [-0.2, 0) is 4.79 Å². The Hall–Kier alpha value is -2.77. The first-order chi connectivity index (χ1) is 15.6. The van der Waals surface area contributed by atoms with E-state index in [1.54, 1.807) is 24.3 Å². The van der Waals surface area contributed by atoms with Crippen molar-refractivity contribution in [3.8, 4) is 0 Å². The number of hydrogen-bond donors (Lipinski definition) is 2. The topological polar surface area (TPSA) is 84.0 Å². The monoisotopic (exact) mass is 468 g/mol. The molecule has 0 spiro atoms. The standard InChI is InChI=1S/C24H25ClN4O2S/c25-19-14-8-7-13-18(19)22(31)26-20(16-9-3-1-4-10-16)15-21(30)27-24-29-28-23(32-24)17-11-5-2-6-12-17/h1,3-4,7-10,13-14,17,20H,2,5-6,11-12,15H2,(H,26,31)(H,27,29,30). The number of nitrogens with one attached hydrogen (secondary N) is 2. The average Bonchev–Trinajstić information content (AvgIpc) is 3.28. The van der Waals surface area contributed by atoms with E-state index in [1.165, 1.54) is 30.6 Å². The van der Waals surface area contributed by atoms with Gasteiger partial charge in [0, 0.05) is 5.92 Å². The molecule has 1 aliphatic carbocycles. The Morgan fingerprint density at radius 3 is 2.47 bits per heavy atom. The van der Waals surface area contributed by atoms with Crippen molar-refractivity contribution in [3.63, 3.8) is 0 Å². The SMILES string of the molecule is O=C(CC(NC(=O)c1ccccc1Cl)c1ccccc1)Nc1nnc(C2CCCCC2)s1. The molecule has 3 aromatic rings. The van der Waals surface area contributed by atoms with Gasteiger partial charge in [-0.3, -0.25) is 9.59 Å². The number of anilines is 1. The largest absolute Gasteiger partial charge is 0.345 e. The highest BCUT2D eigenvalue weighted by molar-refractivity contribution is 7.15. The molecule has 1 aromatic heterocycles. The highest BCUT2D eigenvalue weighted by Crippen LogP contribution is 2.35. The summed E-state index contributed by atoms with van der Waals surface area (Å²) in [6.45, 7) is 0. The zero-order chi connectivity index (χ0) is 22.3. The van der Waals surface area contributed by atoms with E-state index >= 15 is 0 Å². The van der Waals surface area contributed by atoms with Crippen LogP contribution >= 0.6 is 22.9 Å². The third-order valence-electron chi connectivity index (χ3n) is 5.66. The predicted molar refractivity (Wildman–Crippen MR) is 127 cm³/mol. The third kappa shape index (κ3) is 5.72. The summed E-state index contributed by atoms with van der Waals surface area (Å²) in [7, 11) is 0. The van der Waals surface area contributed by atoms with Crippen molar-refractivity contribution < 1.29 is 9.59 Å². The molecule has 4 rings (SSSR count). The normalized spacial score (nSPS) is 15.2. The molecule has 1 fully saturated rings. The molecule has 8 heteroatoms. The number of hydrogen-bond acceptors (Lipinski definition) is 5. The Morgan fingerprint density at radius 2 is 1.72 bits per heavy atom. The van der Waals surface area contributed by atoms with E-state index in [0.717, 1.165) is 23.4 Å². The highest BCUT2D eigenvalue weighted by atomic mass is 35.5. The lowest BCUT2D eigenvalue weighted by Crippen LogP contribution is -2.31. The van der Waals surface area contributed by atoms with Crippen molar-refractivity contribution in [2.75, 3.05) is 5.32 Å². The maximum Gasteiger partial charge on any atom is 0.253 e. The molecular formula is C24H25ClN4O2S. The molecule has 1 aliphatic rings. The molecule has 0 saturated heterocycles. The van der Waals surface area contributed by atoms with Crippen LogP contribution in [0.3, 0.4) is 0 Å². The number of halogens is 1. The first-order valence-corrected chi connectivity index (χ1v) is 12.0. The summed E-state index contributed by atoms with van der Waals surface area (Å²) in [6.07, 6.45) is 6.04. The van der Waals surface area contributed by atoms with E-state index in [2.05, 4.69) is 20.8 Å². The van der Waals surface area contributed by atoms with E-state index < -0.39 is 6.04 Å². The maximum absolute atomic E-state index is 12.8. The van der Waals surface area contributed by atoms with Crippen LogP contribution in [0, 0.1) is 0 Å². The summed E-state index contributed by atoms with van der Waals surface area (Å²) >= 11 is 7.62. The Balaban J connectivity index is 1.44. The van der Waals surface area contributed by atoms with Crippen molar-refractivity contribution in [2.45, 2.75) is 50.5 Å².